The Bertz CT molecular complexity index is 510. The van der Waals surface area contributed by atoms with Crippen LogP contribution in [-0.4, -0.2) is 22.1 Å². The number of nitrogens with zero attached hydrogens (tertiary/aromatic N) is 2. The summed E-state index contributed by atoms with van der Waals surface area (Å²) in [6, 6.07) is 1.98. The topological polar surface area (TPSA) is 80.7 Å². The molecule has 5 nitrogen and oxygen atoms in total. The maximum absolute atomic E-state index is 8.90. The Hall–Kier alpha value is -1.78. The number of hydrogen-bond acceptors (Lipinski definition) is 4. The number of aromatic nitrogens is 1. The van der Waals surface area contributed by atoms with Gasteiger partial charge in [0.2, 0.25) is 5.88 Å². The third kappa shape index (κ3) is 2.37. The first-order valence-corrected chi connectivity index (χ1v) is 6.95. The lowest BCUT2D eigenvalue weighted by molar-refractivity contribution is 0.114. The fourth-order valence-corrected chi connectivity index (χ4v) is 2.59. The van der Waals surface area contributed by atoms with Gasteiger partial charge >= 0.3 is 0 Å². The zero-order valence-corrected chi connectivity index (χ0v) is 10.9. The molecular weight excluding hydrogens is 242 g/mol. The van der Waals surface area contributed by atoms with Crippen molar-refractivity contribution in [2.45, 2.75) is 51.0 Å². The van der Waals surface area contributed by atoms with Crippen LogP contribution >= 0.6 is 0 Å². The minimum Gasteiger partial charge on any atom is -0.474 e. The van der Waals surface area contributed by atoms with E-state index in [2.05, 4.69) is 10.1 Å². The molecule has 0 aromatic carbocycles. The van der Waals surface area contributed by atoms with Crippen molar-refractivity contribution in [2.24, 2.45) is 10.9 Å². The van der Waals surface area contributed by atoms with E-state index in [9.17, 15) is 0 Å². The molecule has 0 amide bonds. The molecular formula is C14H19N3O2. The summed E-state index contributed by atoms with van der Waals surface area (Å²) in [6.45, 7) is 0. The Morgan fingerprint density at radius 1 is 1.32 bits per heavy atom. The predicted molar refractivity (Wildman–Crippen MR) is 71.7 cm³/mol. The van der Waals surface area contributed by atoms with E-state index >= 15 is 0 Å². The number of amidine groups is 1. The van der Waals surface area contributed by atoms with Crippen LogP contribution in [0.15, 0.2) is 11.2 Å². The molecule has 0 bridgehead atoms. The molecule has 102 valence electrons. The van der Waals surface area contributed by atoms with Crippen LogP contribution in [0.3, 0.4) is 0 Å². The van der Waals surface area contributed by atoms with Crippen molar-refractivity contribution in [3.8, 4) is 5.88 Å². The molecule has 19 heavy (non-hydrogen) atoms. The average molecular weight is 261 g/mol. The largest absolute Gasteiger partial charge is 0.474 e. The third-order valence-electron chi connectivity index (χ3n) is 3.98. The van der Waals surface area contributed by atoms with E-state index in [-0.39, 0.29) is 11.9 Å². The first-order valence-electron chi connectivity index (χ1n) is 6.95. The number of ether oxygens (including phenoxy) is 1. The fourth-order valence-electron chi connectivity index (χ4n) is 2.59. The van der Waals surface area contributed by atoms with Crippen molar-refractivity contribution in [2.75, 3.05) is 0 Å². The van der Waals surface area contributed by atoms with Gasteiger partial charge in [-0.05, 0) is 56.6 Å². The number of nitrogens with two attached hydrogens (primary N) is 1. The highest BCUT2D eigenvalue weighted by Gasteiger charge is 2.24. The molecule has 1 saturated carbocycles. The van der Waals surface area contributed by atoms with E-state index in [0.29, 0.717) is 11.4 Å². The molecule has 0 atom stereocenters. The highest BCUT2D eigenvalue weighted by atomic mass is 16.5. The van der Waals surface area contributed by atoms with Gasteiger partial charge in [-0.2, -0.15) is 0 Å². The molecule has 2 aliphatic carbocycles. The summed E-state index contributed by atoms with van der Waals surface area (Å²) in [6.07, 6.45) is 7.92. The van der Waals surface area contributed by atoms with Crippen molar-refractivity contribution < 1.29 is 9.94 Å². The first kappa shape index (κ1) is 12.3. The van der Waals surface area contributed by atoms with E-state index in [4.69, 9.17) is 15.7 Å². The smallest absolute Gasteiger partial charge is 0.225 e. The summed E-state index contributed by atoms with van der Waals surface area (Å²) in [5, 5.41) is 12.0. The summed E-state index contributed by atoms with van der Waals surface area (Å²) in [4.78, 5) is 4.61. The molecule has 0 aliphatic heterocycles. The van der Waals surface area contributed by atoms with Gasteiger partial charge in [0.15, 0.2) is 5.84 Å². The summed E-state index contributed by atoms with van der Waals surface area (Å²) < 4.78 is 5.89. The molecule has 0 saturated heterocycles. The van der Waals surface area contributed by atoms with Gasteiger partial charge < -0.3 is 15.7 Å². The van der Waals surface area contributed by atoms with Gasteiger partial charge in [0, 0.05) is 5.69 Å². The van der Waals surface area contributed by atoms with E-state index in [1.165, 1.54) is 24.8 Å². The second-order valence-corrected chi connectivity index (χ2v) is 5.31. The molecule has 1 heterocycles. The number of aryl methyl sites for hydroxylation is 2. The SMILES string of the molecule is NC(=NO)c1cc2c(nc1OC1CCC1)CCCC2. The summed E-state index contributed by atoms with van der Waals surface area (Å²) >= 11 is 0. The normalized spacial score (nSPS) is 19.7. The van der Waals surface area contributed by atoms with Gasteiger partial charge in [0.05, 0.1) is 5.56 Å². The van der Waals surface area contributed by atoms with Gasteiger partial charge in [0.25, 0.3) is 0 Å². The van der Waals surface area contributed by atoms with Crippen LogP contribution in [0.2, 0.25) is 0 Å². The number of oxime groups is 1. The number of hydrogen-bond donors (Lipinski definition) is 2. The third-order valence-corrected chi connectivity index (χ3v) is 3.98. The first-order chi connectivity index (χ1) is 9.28. The maximum Gasteiger partial charge on any atom is 0.225 e. The Labute approximate surface area is 112 Å². The molecule has 0 spiro atoms. The van der Waals surface area contributed by atoms with Crippen molar-refractivity contribution >= 4 is 5.84 Å². The lowest BCUT2D eigenvalue weighted by Gasteiger charge is -2.27. The minimum atomic E-state index is 0.0789. The molecule has 0 radical (unpaired) electrons. The molecule has 3 rings (SSSR count). The van der Waals surface area contributed by atoms with Crippen molar-refractivity contribution in [1.82, 2.24) is 4.98 Å². The lowest BCUT2D eigenvalue weighted by atomic mass is 9.94. The average Bonchev–Trinajstić information content (AvgIpc) is 2.41. The molecule has 1 fully saturated rings. The van der Waals surface area contributed by atoms with Crippen molar-refractivity contribution in [3.63, 3.8) is 0 Å². The van der Waals surface area contributed by atoms with Gasteiger partial charge in [-0.15, -0.1) is 0 Å². The monoisotopic (exact) mass is 261 g/mol. The van der Waals surface area contributed by atoms with Gasteiger partial charge in [-0.25, -0.2) is 4.98 Å². The maximum atomic E-state index is 8.90. The molecule has 1 aromatic heterocycles. The van der Waals surface area contributed by atoms with Crippen LogP contribution in [0.5, 0.6) is 5.88 Å². The van der Waals surface area contributed by atoms with Crippen LogP contribution in [-0.2, 0) is 12.8 Å². The van der Waals surface area contributed by atoms with E-state index < -0.39 is 0 Å². The van der Waals surface area contributed by atoms with Gasteiger partial charge in [0.1, 0.15) is 6.10 Å². The quantitative estimate of drug-likeness (QED) is 0.377. The van der Waals surface area contributed by atoms with Crippen LogP contribution in [0.25, 0.3) is 0 Å². The Morgan fingerprint density at radius 3 is 2.79 bits per heavy atom. The second-order valence-electron chi connectivity index (χ2n) is 5.31. The van der Waals surface area contributed by atoms with Gasteiger partial charge in [-0.3, -0.25) is 0 Å². The van der Waals surface area contributed by atoms with Crippen molar-refractivity contribution in [1.29, 1.82) is 0 Å². The standard InChI is InChI=1S/C14H19N3O2/c15-13(17-18)11-8-9-4-1-2-7-12(9)16-14(11)19-10-5-3-6-10/h8,10,18H,1-7H2,(H2,15,17). The molecule has 1 aromatic rings. The summed E-state index contributed by atoms with van der Waals surface area (Å²) in [5.74, 6) is 0.607. The predicted octanol–water partition coefficient (Wildman–Crippen LogP) is 1.99. The second kappa shape index (κ2) is 5.07. The van der Waals surface area contributed by atoms with Crippen LogP contribution < -0.4 is 10.5 Å². The van der Waals surface area contributed by atoms with Crippen LogP contribution in [0.4, 0.5) is 0 Å². The molecule has 3 N–H and O–H groups in total. The summed E-state index contributed by atoms with van der Waals surface area (Å²) in [5.41, 5.74) is 8.67. The van der Waals surface area contributed by atoms with Crippen LogP contribution in [0.1, 0.15) is 48.9 Å². The van der Waals surface area contributed by atoms with E-state index in [1.54, 1.807) is 0 Å². The lowest BCUT2D eigenvalue weighted by Crippen LogP contribution is -2.27. The molecule has 2 aliphatic rings. The van der Waals surface area contributed by atoms with Gasteiger partial charge in [-0.1, -0.05) is 5.16 Å². The van der Waals surface area contributed by atoms with E-state index in [0.717, 1.165) is 31.4 Å². The molecule has 5 heteroatoms. The number of rotatable bonds is 3. The molecule has 0 unspecified atom stereocenters. The van der Waals surface area contributed by atoms with E-state index in [1.807, 2.05) is 6.07 Å². The van der Waals surface area contributed by atoms with Crippen molar-refractivity contribution in [3.05, 3.63) is 22.9 Å². The Balaban J connectivity index is 1.97. The number of pyridine rings is 1. The zero-order chi connectivity index (χ0) is 13.2. The fraction of sp³-hybridized carbons (Fsp3) is 0.571. The summed E-state index contributed by atoms with van der Waals surface area (Å²) in [7, 11) is 0. The highest BCUT2D eigenvalue weighted by Crippen LogP contribution is 2.30. The van der Waals surface area contributed by atoms with Crippen LogP contribution in [0, 0.1) is 0 Å². The Morgan fingerprint density at radius 2 is 2.11 bits per heavy atom. The minimum absolute atomic E-state index is 0.0789. The Kier molecular flexibility index (Phi) is 3.27. The highest BCUT2D eigenvalue weighted by molar-refractivity contribution is 5.99. The number of fused-ring (bicyclic) bond motifs is 1. The zero-order valence-electron chi connectivity index (χ0n) is 10.9.